The molecule has 0 spiro atoms. The zero-order valence-corrected chi connectivity index (χ0v) is 24.9. The van der Waals surface area contributed by atoms with E-state index in [0.717, 1.165) is 25.7 Å². The molecule has 12 atom stereocenters. The van der Waals surface area contributed by atoms with Crippen LogP contribution in [0.5, 0.6) is 0 Å². The number of hydrogen-bond donors (Lipinski definition) is 12. The molecule has 250 valence electrons. The molecule has 0 radical (unpaired) electrons. The highest BCUT2D eigenvalue weighted by molar-refractivity contribution is 5.09. The van der Waals surface area contributed by atoms with Crippen LogP contribution in [0.2, 0.25) is 0 Å². The van der Waals surface area contributed by atoms with Crippen LogP contribution >= 0.6 is 0 Å². The van der Waals surface area contributed by atoms with Crippen LogP contribution in [0.25, 0.3) is 0 Å². The molecule has 15 heteroatoms. The first-order valence-corrected chi connectivity index (χ1v) is 15.0. The van der Waals surface area contributed by atoms with Gasteiger partial charge in [0.2, 0.25) is 5.79 Å². The lowest BCUT2D eigenvalue weighted by Gasteiger charge is -2.58. The fourth-order valence-corrected chi connectivity index (χ4v) is 5.58. The zero-order chi connectivity index (χ0) is 31.7. The summed E-state index contributed by atoms with van der Waals surface area (Å²) in [7, 11) is 0. The SMILES string of the molecule is CCCCCN[C@@]1(O)[C@@H](O)[C@@H](O)[C@@H](CO)O[C@@]1(CC(C)O)O[C@H]1[C@@H](O)[C@@H](CO)O[C@](O)(CC(O)CNCCCC)[C@@H]1O. The van der Waals surface area contributed by atoms with Gasteiger partial charge in [-0.1, -0.05) is 33.1 Å². The highest BCUT2D eigenvalue weighted by Gasteiger charge is 2.67. The van der Waals surface area contributed by atoms with Crippen LogP contribution < -0.4 is 10.6 Å². The third kappa shape index (κ3) is 8.56. The van der Waals surface area contributed by atoms with E-state index in [9.17, 15) is 51.1 Å². The predicted octanol–water partition coefficient (Wildman–Crippen LogP) is -3.64. The molecule has 0 bridgehead atoms. The summed E-state index contributed by atoms with van der Waals surface area (Å²) in [6.45, 7) is 4.32. The number of ether oxygens (including phenoxy) is 3. The lowest BCUT2D eigenvalue weighted by molar-refractivity contribution is -0.449. The fourth-order valence-electron chi connectivity index (χ4n) is 5.58. The molecule has 2 rings (SSSR count). The third-order valence-electron chi connectivity index (χ3n) is 7.94. The van der Waals surface area contributed by atoms with E-state index in [2.05, 4.69) is 10.6 Å². The monoisotopic (exact) mass is 614 g/mol. The molecule has 0 saturated carbocycles. The quantitative estimate of drug-likeness (QED) is 0.0525. The minimum atomic E-state index is -2.67. The molecule has 15 nitrogen and oxygen atoms in total. The van der Waals surface area contributed by atoms with E-state index in [1.807, 2.05) is 13.8 Å². The summed E-state index contributed by atoms with van der Waals surface area (Å²) < 4.78 is 17.4. The Kier molecular flexibility index (Phi) is 14.9. The summed E-state index contributed by atoms with van der Waals surface area (Å²) in [5.41, 5.74) is -2.67. The molecule has 2 fully saturated rings. The number of aliphatic hydroxyl groups excluding tert-OH is 8. The topological polar surface area (TPSA) is 254 Å². The maximum absolute atomic E-state index is 11.9. The van der Waals surface area contributed by atoms with Crippen molar-refractivity contribution in [2.45, 2.75) is 138 Å². The Morgan fingerprint density at radius 1 is 0.810 bits per heavy atom. The van der Waals surface area contributed by atoms with Crippen molar-refractivity contribution in [3.8, 4) is 0 Å². The lowest BCUT2D eigenvalue weighted by atomic mass is 9.82. The normalized spacial score (nSPS) is 40.6. The van der Waals surface area contributed by atoms with E-state index in [4.69, 9.17) is 14.2 Å². The van der Waals surface area contributed by atoms with E-state index in [0.29, 0.717) is 13.0 Å². The Morgan fingerprint density at radius 3 is 2.00 bits per heavy atom. The Balaban J connectivity index is 2.50. The molecule has 2 saturated heterocycles. The van der Waals surface area contributed by atoms with Crippen molar-refractivity contribution >= 4 is 0 Å². The van der Waals surface area contributed by atoms with E-state index in [1.165, 1.54) is 6.92 Å². The van der Waals surface area contributed by atoms with Gasteiger partial charge in [0.25, 0.3) is 0 Å². The first kappa shape index (κ1) is 37.6. The molecular formula is C27H54N2O13. The maximum atomic E-state index is 11.9. The molecule has 2 aliphatic rings. The maximum Gasteiger partial charge on any atom is 0.217 e. The van der Waals surface area contributed by atoms with Crippen LogP contribution in [0.1, 0.15) is 65.7 Å². The van der Waals surface area contributed by atoms with E-state index < -0.39 is 98.3 Å². The first-order valence-electron chi connectivity index (χ1n) is 15.0. The molecule has 12 N–H and O–H groups in total. The minimum absolute atomic E-state index is 0.0367. The van der Waals surface area contributed by atoms with Gasteiger partial charge < -0.3 is 70.6 Å². The molecular weight excluding hydrogens is 560 g/mol. The van der Waals surface area contributed by atoms with Gasteiger partial charge in [0.1, 0.15) is 42.7 Å². The second-order valence-corrected chi connectivity index (χ2v) is 11.6. The van der Waals surface area contributed by atoms with Crippen LogP contribution in [0, 0.1) is 0 Å². The predicted molar refractivity (Wildman–Crippen MR) is 148 cm³/mol. The Hall–Kier alpha value is -0.600. The van der Waals surface area contributed by atoms with Crippen LogP contribution in [0.3, 0.4) is 0 Å². The summed E-state index contributed by atoms with van der Waals surface area (Å²) in [5, 5.41) is 114. The number of unbranched alkanes of at least 4 members (excludes halogenated alkanes) is 3. The van der Waals surface area contributed by atoms with Crippen molar-refractivity contribution < 1.29 is 65.3 Å². The van der Waals surface area contributed by atoms with Crippen LogP contribution in [0.4, 0.5) is 0 Å². The summed E-state index contributed by atoms with van der Waals surface area (Å²) in [5.74, 6) is -5.10. The number of aliphatic hydroxyl groups is 10. The summed E-state index contributed by atoms with van der Waals surface area (Å²) >= 11 is 0. The number of nitrogens with one attached hydrogen (secondary N) is 2. The van der Waals surface area contributed by atoms with Gasteiger partial charge in [-0.05, 0) is 32.9 Å². The number of rotatable bonds is 18. The molecule has 2 unspecified atom stereocenters. The van der Waals surface area contributed by atoms with Crippen molar-refractivity contribution in [1.82, 2.24) is 10.6 Å². The molecule has 0 aromatic heterocycles. The average Bonchev–Trinajstić information content (AvgIpc) is 2.94. The standard InChI is InChI=1S/C27H54N2O13/c1-4-6-8-10-29-27(39)23(36)21(35)19(15-31)41-26(27,11-16(3)32)42-22-20(34)18(14-30)40-25(38,24(22)37)12-17(33)13-28-9-7-5-2/h16-24,28-39H,4-15H2,1-3H3/t16?,17?,18-,19-,20+,21+,22+,23+,24-,25-,26+,27-/m1/s1. The highest BCUT2D eigenvalue weighted by atomic mass is 16.7. The molecule has 0 amide bonds. The van der Waals surface area contributed by atoms with E-state index in [1.54, 1.807) is 0 Å². The van der Waals surface area contributed by atoms with Gasteiger partial charge in [0.15, 0.2) is 11.5 Å². The Morgan fingerprint density at radius 2 is 1.43 bits per heavy atom. The van der Waals surface area contributed by atoms with Crippen molar-refractivity contribution in [3.05, 3.63) is 0 Å². The molecule has 0 aromatic carbocycles. The van der Waals surface area contributed by atoms with E-state index in [-0.39, 0.29) is 13.1 Å². The largest absolute Gasteiger partial charge is 0.394 e. The Bertz CT molecular complexity index is 784. The zero-order valence-electron chi connectivity index (χ0n) is 24.9. The summed E-state index contributed by atoms with van der Waals surface area (Å²) in [4.78, 5) is 0. The van der Waals surface area contributed by atoms with Crippen molar-refractivity contribution in [2.75, 3.05) is 32.8 Å². The van der Waals surface area contributed by atoms with E-state index >= 15 is 0 Å². The molecule has 0 aliphatic carbocycles. The van der Waals surface area contributed by atoms with Gasteiger partial charge in [-0.15, -0.1) is 0 Å². The minimum Gasteiger partial charge on any atom is -0.394 e. The molecule has 0 aromatic rings. The lowest BCUT2D eigenvalue weighted by Crippen LogP contribution is -2.81. The van der Waals surface area contributed by atoms with Crippen LogP contribution in [-0.4, -0.2) is 156 Å². The van der Waals surface area contributed by atoms with Crippen molar-refractivity contribution in [2.24, 2.45) is 0 Å². The van der Waals surface area contributed by atoms with Crippen molar-refractivity contribution in [3.63, 3.8) is 0 Å². The second kappa shape index (κ2) is 16.6. The highest BCUT2D eigenvalue weighted by Crippen LogP contribution is 2.45. The Labute approximate surface area is 247 Å². The van der Waals surface area contributed by atoms with Gasteiger partial charge in [-0.2, -0.15) is 0 Å². The van der Waals surface area contributed by atoms with Gasteiger partial charge in [-0.25, -0.2) is 0 Å². The van der Waals surface area contributed by atoms with Crippen LogP contribution in [0.15, 0.2) is 0 Å². The number of hydrogen-bond acceptors (Lipinski definition) is 15. The van der Waals surface area contributed by atoms with Crippen molar-refractivity contribution in [1.29, 1.82) is 0 Å². The van der Waals surface area contributed by atoms with Gasteiger partial charge in [-0.3, -0.25) is 5.32 Å². The second-order valence-electron chi connectivity index (χ2n) is 11.6. The van der Waals surface area contributed by atoms with Gasteiger partial charge in [0.05, 0.1) is 25.4 Å². The molecule has 2 aliphatic heterocycles. The van der Waals surface area contributed by atoms with Gasteiger partial charge in [0, 0.05) is 19.4 Å². The van der Waals surface area contributed by atoms with Gasteiger partial charge >= 0.3 is 0 Å². The summed E-state index contributed by atoms with van der Waals surface area (Å²) in [6.07, 6.45) is -12.6. The summed E-state index contributed by atoms with van der Waals surface area (Å²) in [6, 6.07) is 0. The molecule has 2 heterocycles. The fraction of sp³-hybridized carbons (Fsp3) is 1.00. The third-order valence-corrected chi connectivity index (χ3v) is 7.94. The van der Waals surface area contributed by atoms with Crippen LogP contribution in [-0.2, 0) is 14.2 Å². The first-order chi connectivity index (χ1) is 19.8. The average molecular weight is 615 g/mol. The molecule has 42 heavy (non-hydrogen) atoms. The smallest absolute Gasteiger partial charge is 0.217 e.